The van der Waals surface area contributed by atoms with E-state index in [4.69, 9.17) is 5.53 Å². The zero-order valence-corrected chi connectivity index (χ0v) is 9.73. The predicted molar refractivity (Wildman–Crippen MR) is 64.6 cm³/mol. The summed E-state index contributed by atoms with van der Waals surface area (Å²) in [5.74, 6) is -0.00371. The fourth-order valence-electron chi connectivity index (χ4n) is 2.08. The first-order chi connectivity index (χ1) is 8.76. The van der Waals surface area contributed by atoms with Crippen molar-refractivity contribution in [1.29, 1.82) is 0 Å². The number of pyridine rings is 1. The first-order valence-corrected chi connectivity index (χ1v) is 5.61. The maximum absolute atomic E-state index is 11.9. The Morgan fingerprint density at radius 2 is 2.50 bits per heavy atom. The molecule has 1 aliphatic heterocycles. The normalized spacial score (nSPS) is 18.8. The van der Waals surface area contributed by atoms with E-state index in [0.717, 1.165) is 0 Å². The fraction of sp³-hybridized carbons (Fsp3) is 0.455. The molecule has 7 heteroatoms. The van der Waals surface area contributed by atoms with E-state index in [9.17, 15) is 9.90 Å². The predicted octanol–water partition coefficient (Wildman–Crippen LogP) is 1.24. The molecule has 1 aromatic heterocycles. The van der Waals surface area contributed by atoms with Gasteiger partial charge < -0.3 is 10.0 Å². The first kappa shape index (κ1) is 12.3. The standard InChI is InChI=1S/C11H13N5O2/c12-15-14-4-8-3-11(18)16(6-8)10-5-13-2-1-9(10)7-17/h1-2,5,8,17H,3-4,6-7H2. The molecule has 1 atom stereocenters. The summed E-state index contributed by atoms with van der Waals surface area (Å²) >= 11 is 0. The summed E-state index contributed by atoms with van der Waals surface area (Å²) in [5.41, 5.74) is 9.58. The molecule has 1 N–H and O–H groups in total. The lowest BCUT2D eigenvalue weighted by molar-refractivity contribution is -0.117. The van der Waals surface area contributed by atoms with Crippen LogP contribution >= 0.6 is 0 Å². The molecule has 0 saturated carbocycles. The number of rotatable bonds is 4. The van der Waals surface area contributed by atoms with Gasteiger partial charge in [0.2, 0.25) is 5.91 Å². The van der Waals surface area contributed by atoms with Crippen LogP contribution in [0.5, 0.6) is 0 Å². The third-order valence-corrected chi connectivity index (χ3v) is 2.96. The molecule has 0 radical (unpaired) electrons. The summed E-state index contributed by atoms with van der Waals surface area (Å²) in [6, 6.07) is 1.68. The van der Waals surface area contributed by atoms with Crippen LogP contribution in [0.2, 0.25) is 0 Å². The summed E-state index contributed by atoms with van der Waals surface area (Å²) in [5, 5.41) is 12.7. The number of carbonyl (C=O) groups excluding carboxylic acids is 1. The van der Waals surface area contributed by atoms with Crippen LogP contribution in [-0.4, -0.2) is 29.1 Å². The first-order valence-electron chi connectivity index (χ1n) is 5.61. The largest absolute Gasteiger partial charge is 0.392 e. The Morgan fingerprint density at radius 1 is 1.67 bits per heavy atom. The van der Waals surface area contributed by atoms with Crippen LogP contribution in [0.4, 0.5) is 5.69 Å². The van der Waals surface area contributed by atoms with E-state index < -0.39 is 0 Å². The minimum Gasteiger partial charge on any atom is -0.392 e. The minimum atomic E-state index is -0.136. The van der Waals surface area contributed by atoms with Crippen molar-refractivity contribution in [2.24, 2.45) is 11.0 Å². The van der Waals surface area contributed by atoms with Crippen LogP contribution < -0.4 is 4.90 Å². The molecular formula is C11H13N5O2. The number of aliphatic hydroxyl groups excluding tert-OH is 1. The maximum Gasteiger partial charge on any atom is 0.227 e. The Kier molecular flexibility index (Phi) is 3.76. The highest BCUT2D eigenvalue weighted by atomic mass is 16.3. The van der Waals surface area contributed by atoms with Gasteiger partial charge in [0.25, 0.3) is 0 Å². The monoisotopic (exact) mass is 247 g/mol. The maximum atomic E-state index is 11.9. The van der Waals surface area contributed by atoms with Gasteiger partial charge in [-0.25, -0.2) is 0 Å². The van der Waals surface area contributed by atoms with Crippen LogP contribution in [-0.2, 0) is 11.4 Å². The van der Waals surface area contributed by atoms with Crippen LogP contribution in [0, 0.1) is 5.92 Å². The second-order valence-electron chi connectivity index (χ2n) is 4.15. The quantitative estimate of drug-likeness (QED) is 0.491. The highest BCUT2D eigenvalue weighted by molar-refractivity contribution is 5.96. The lowest BCUT2D eigenvalue weighted by Gasteiger charge is -2.18. The summed E-state index contributed by atoms with van der Waals surface area (Å²) in [6.45, 7) is 0.673. The summed E-state index contributed by atoms with van der Waals surface area (Å²) in [6.07, 6.45) is 3.51. The molecule has 0 aromatic carbocycles. The zero-order valence-electron chi connectivity index (χ0n) is 9.73. The van der Waals surface area contributed by atoms with Gasteiger partial charge >= 0.3 is 0 Å². The summed E-state index contributed by atoms with van der Waals surface area (Å²) in [4.78, 5) is 20.2. The molecule has 1 saturated heterocycles. The third kappa shape index (κ3) is 2.42. The molecule has 0 bridgehead atoms. The van der Waals surface area contributed by atoms with E-state index in [1.807, 2.05) is 0 Å². The van der Waals surface area contributed by atoms with E-state index in [1.54, 1.807) is 23.4 Å². The summed E-state index contributed by atoms with van der Waals surface area (Å²) < 4.78 is 0. The van der Waals surface area contributed by atoms with Crippen molar-refractivity contribution in [3.05, 3.63) is 34.5 Å². The van der Waals surface area contributed by atoms with Gasteiger partial charge in [0.1, 0.15) is 0 Å². The molecule has 1 fully saturated rings. The van der Waals surface area contributed by atoms with E-state index >= 15 is 0 Å². The van der Waals surface area contributed by atoms with Gasteiger partial charge in [0.15, 0.2) is 0 Å². The van der Waals surface area contributed by atoms with Gasteiger partial charge in [0.05, 0.1) is 18.5 Å². The topological polar surface area (TPSA) is 102 Å². The Bertz CT molecular complexity index is 498. The Hall–Kier alpha value is -2.11. The Balaban J connectivity index is 2.18. The van der Waals surface area contributed by atoms with Crippen LogP contribution in [0.3, 0.4) is 0 Å². The summed E-state index contributed by atoms with van der Waals surface area (Å²) in [7, 11) is 0. The van der Waals surface area contributed by atoms with Gasteiger partial charge in [-0.05, 0) is 17.5 Å². The van der Waals surface area contributed by atoms with E-state index in [2.05, 4.69) is 15.0 Å². The highest BCUT2D eigenvalue weighted by Crippen LogP contribution is 2.27. The molecular weight excluding hydrogens is 234 g/mol. The number of nitrogens with zero attached hydrogens (tertiary/aromatic N) is 5. The fourth-order valence-corrected chi connectivity index (χ4v) is 2.08. The van der Waals surface area contributed by atoms with E-state index in [-0.39, 0.29) is 18.4 Å². The molecule has 2 heterocycles. The molecule has 0 aliphatic carbocycles. The lowest BCUT2D eigenvalue weighted by atomic mass is 10.1. The molecule has 2 rings (SSSR count). The molecule has 0 spiro atoms. The molecule has 1 amide bonds. The highest BCUT2D eigenvalue weighted by Gasteiger charge is 2.31. The average Bonchev–Trinajstić information content (AvgIpc) is 2.77. The van der Waals surface area contributed by atoms with Gasteiger partial charge in [-0.2, -0.15) is 0 Å². The number of aliphatic hydroxyl groups is 1. The Labute approximate surface area is 104 Å². The average molecular weight is 247 g/mol. The SMILES string of the molecule is [N-]=[N+]=NCC1CC(=O)N(c2cnccc2CO)C1. The number of carbonyl (C=O) groups is 1. The second-order valence-corrected chi connectivity index (χ2v) is 4.15. The number of aromatic nitrogens is 1. The van der Waals surface area contributed by atoms with Gasteiger partial charge in [-0.15, -0.1) is 0 Å². The smallest absolute Gasteiger partial charge is 0.227 e. The van der Waals surface area contributed by atoms with Crippen LogP contribution in [0.15, 0.2) is 23.6 Å². The molecule has 1 unspecified atom stereocenters. The number of azide groups is 1. The molecule has 18 heavy (non-hydrogen) atoms. The molecule has 1 aliphatic rings. The molecule has 94 valence electrons. The molecule has 7 nitrogen and oxygen atoms in total. The minimum absolute atomic E-state index is 0.0279. The van der Waals surface area contributed by atoms with Crippen molar-refractivity contribution in [3.8, 4) is 0 Å². The number of hydrogen-bond acceptors (Lipinski definition) is 4. The van der Waals surface area contributed by atoms with E-state index in [1.165, 1.54) is 0 Å². The van der Waals surface area contributed by atoms with Crippen molar-refractivity contribution in [3.63, 3.8) is 0 Å². The van der Waals surface area contributed by atoms with Crippen LogP contribution in [0.25, 0.3) is 10.4 Å². The van der Waals surface area contributed by atoms with E-state index in [0.29, 0.717) is 30.8 Å². The van der Waals surface area contributed by atoms with Crippen molar-refractivity contribution in [1.82, 2.24) is 4.98 Å². The number of hydrogen-bond donors (Lipinski definition) is 1. The third-order valence-electron chi connectivity index (χ3n) is 2.96. The number of anilines is 1. The van der Waals surface area contributed by atoms with Crippen molar-refractivity contribution < 1.29 is 9.90 Å². The van der Waals surface area contributed by atoms with Crippen LogP contribution in [0.1, 0.15) is 12.0 Å². The second kappa shape index (κ2) is 5.48. The van der Waals surface area contributed by atoms with Gasteiger partial charge in [0, 0.05) is 36.2 Å². The van der Waals surface area contributed by atoms with Gasteiger partial charge in [-0.3, -0.25) is 9.78 Å². The zero-order chi connectivity index (χ0) is 13.0. The molecule has 1 aromatic rings. The van der Waals surface area contributed by atoms with Crippen molar-refractivity contribution in [2.45, 2.75) is 13.0 Å². The Morgan fingerprint density at radius 3 is 3.22 bits per heavy atom. The lowest BCUT2D eigenvalue weighted by Crippen LogP contribution is -2.26. The van der Waals surface area contributed by atoms with Crippen molar-refractivity contribution >= 4 is 11.6 Å². The van der Waals surface area contributed by atoms with Gasteiger partial charge in [-0.1, -0.05) is 5.11 Å². The van der Waals surface area contributed by atoms with Crippen molar-refractivity contribution in [2.75, 3.05) is 18.0 Å². The number of amides is 1.